The molecule has 2 heterocycles. The Morgan fingerprint density at radius 1 is 1.04 bits per heavy atom. The average Bonchev–Trinajstić information content (AvgIpc) is 3.24. The van der Waals surface area contributed by atoms with Crippen molar-refractivity contribution in [2.75, 3.05) is 5.32 Å². The zero-order valence-electron chi connectivity index (χ0n) is 13.2. The van der Waals surface area contributed by atoms with Gasteiger partial charge < -0.3 is 5.32 Å². The molecule has 124 valence electrons. The van der Waals surface area contributed by atoms with Crippen LogP contribution in [-0.2, 0) is 0 Å². The third-order valence-electron chi connectivity index (χ3n) is 3.63. The maximum absolute atomic E-state index is 13.0. The summed E-state index contributed by atoms with van der Waals surface area (Å²) < 4.78 is 19.1. The predicted octanol–water partition coefficient (Wildman–Crippen LogP) is 3.98. The van der Waals surface area contributed by atoms with Crippen LogP contribution in [0, 0.1) is 12.7 Å². The number of nitrogens with one attached hydrogen (secondary N) is 1. The molecule has 0 amide bonds. The van der Waals surface area contributed by atoms with Crippen molar-refractivity contribution < 1.29 is 4.39 Å². The van der Waals surface area contributed by atoms with Crippen LogP contribution in [0.1, 0.15) is 5.69 Å². The molecule has 0 spiro atoms. The monoisotopic (exact) mass is 352 g/mol. The van der Waals surface area contributed by atoms with E-state index in [-0.39, 0.29) is 5.82 Å². The summed E-state index contributed by atoms with van der Waals surface area (Å²) in [6.07, 6.45) is 0. The van der Waals surface area contributed by atoms with Crippen LogP contribution in [0.4, 0.5) is 15.2 Å². The summed E-state index contributed by atoms with van der Waals surface area (Å²) in [6, 6.07) is 15.8. The number of aromatic nitrogens is 5. The van der Waals surface area contributed by atoms with Crippen molar-refractivity contribution in [3.8, 4) is 17.2 Å². The quantitative estimate of drug-likeness (QED) is 0.602. The van der Waals surface area contributed by atoms with Crippen LogP contribution in [0.2, 0.25) is 0 Å². The number of para-hydroxylation sites is 1. The molecule has 1 N–H and O–H groups in total. The molecule has 8 heteroatoms. The van der Waals surface area contributed by atoms with Crippen molar-refractivity contribution in [1.29, 1.82) is 0 Å². The second kappa shape index (κ2) is 6.40. The summed E-state index contributed by atoms with van der Waals surface area (Å²) in [4.78, 5) is 4.45. The molecule has 0 unspecified atom stereocenters. The first-order valence-corrected chi connectivity index (χ1v) is 8.32. The summed E-state index contributed by atoms with van der Waals surface area (Å²) in [5, 5.41) is 12.1. The summed E-state index contributed by atoms with van der Waals surface area (Å²) in [6.45, 7) is 1.93. The van der Waals surface area contributed by atoms with E-state index in [1.54, 1.807) is 16.8 Å². The minimum atomic E-state index is -0.281. The minimum Gasteiger partial charge on any atom is -0.330 e. The smallest absolute Gasteiger partial charge is 0.207 e. The molecular formula is C17H13FN6S. The molecule has 0 saturated heterocycles. The third-order valence-corrected chi connectivity index (χ3v) is 4.26. The van der Waals surface area contributed by atoms with E-state index in [9.17, 15) is 4.39 Å². The molecule has 0 radical (unpaired) electrons. The van der Waals surface area contributed by atoms with E-state index >= 15 is 0 Å². The topological polar surface area (TPSA) is 68.5 Å². The third kappa shape index (κ3) is 3.11. The van der Waals surface area contributed by atoms with E-state index in [0.29, 0.717) is 16.6 Å². The molecular weight excluding hydrogens is 339 g/mol. The van der Waals surface area contributed by atoms with E-state index in [0.717, 1.165) is 17.1 Å². The van der Waals surface area contributed by atoms with E-state index < -0.39 is 0 Å². The lowest BCUT2D eigenvalue weighted by molar-refractivity contribution is 0.628. The van der Waals surface area contributed by atoms with Crippen molar-refractivity contribution in [2.45, 2.75) is 6.92 Å². The normalized spacial score (nSPS) is 10.8. The summed E-state index contributed by atoms with van der Waals surface area (Å²) in [7, 11) is 0. The van der Waals surface area contributed by atoms with Crippen LogP contribution in [0.3, 0.4) is 0 Å². The second-order valence-corrected chi connectivity index (χ2v) is 6.08. The maximum atomic E-state index is 13.0. The molecule has 2 aromatic heterocycles. The number of hydrogen-bond donors (Lipinski definition) is 1. The first-order valence-electron chi connectivity index (χ1n) is 7.55. The largest absolute Gasteiger partial charge is 0.330 e. The fourth-order valence-electron chi connectivity index (χ4n) is 2.38. The van der Waals surface area contributed by atoms with Crippen LogP contribution in [0.25, 0.3) is 17.2 Å². The van der Waals surface area contributed by atoms with Gasteiger partial charge in [0.25, 0.3) is 0 Å². The van der Waals surface area contributed by atoms with Crippen molar-refractivity contribution in [3.63, 3.8) is 0 Å². The van der Waals surface area contributed by atoms with Crippen molar-refractivity contribution in [3.05, 3.63) is 66.1 Å². The highest BCUT2D eigenvalue weighted by atomic mass is 32.1. The standard InChI is InChI=1S/C17H13FN6S/c1-11-15(21-23-24(11)14-5-3-2-4-6-14)16-20-17(25-22-16)19-13-9-7-12(18)8-10-13/h2-10H,1H3,(H,19,20,22). The van der Waals surface area contributed by atoms with Gasteiger partial charge in [-0.3, -0.25) is 0 Å². The summed E-state index contributed by atoms with van der Waals surface area (Å²) in [5.41, 5.74) is 3.16. The molecule has 25 heavy (non-hydrogen) atoms. The van der Waals surface area contributed by atoms with Crippen molar-refractivity contribution >= 4 is 22.4 Å². The SMILES string of the molecule is Cc1c(-c2nsc(Nc3ccc(F)cc3)n2)nnn1-c1ccccc1. The van der Waals surface area contributed by atoms with Gasteiger partial charge in [-0.05, 0) is 43.3 Å². The van der Waals surface area contributed by atoms with Gasteiger partial charge in [0.05, 0.1) is 11.4 Å². The number of nitrogens with zero attached hydrogens (tertiary/aromatic N) is 5. The number of hydrogen-bond acceptors (Lipinski definition) is 6. The highest BCUT2D eigenvalue weighted by molar-refractivity contribution is 7.09. The van der Waals surface area contributed by atoms with Crippen molar-refractivity contribution in [1.82, 2.24) is 24.4 Å². The van der Waals surface area contributed by atoms with Crippen molar-refractivity contribution in [2.24, 2.45) is 0 Å². The Kier molecular flexibility index (Phi) is 3.95. The van der Waals surface area contributed by atoms with Gasteiger partial charge in [0, 0.05) is 17.2 Å². The molecule has 0 aliphatic carbocycles. The Balaban J connectivity index is 1.60. The molecule has 0 saturated carbocycles. The Bertz CT molecular complexity index is 994. The first kappa shape index (κ1) is 15.4. The zero-order valence-corrected chi connectivity index (χ0v) is 14.0. The van der Waals surface area contributed by atoms with Gasteiger partial charge in [0.2, 0.25) is 5.13 Å². The molecule has 0 atom stereocenters. The van der Waals surface area contributed by atoms with Gasteiger partial charge in [-0.25, -0.2) is 9.07 Å². The Morgan fingerprint density at radius 2 is 1.80 bits per heavy atom. The highest BCUT2D eigenvalue weighted by Gasteiger charge is 2.16. The molecule has 2 aromatic carbocycles. The van der Waals surface area contributed by atoms with Crippen LogP contribution in [-0.4, -0.2) is 24.4 Å². The predicted molar refractivity (Wildman–Crippen MR) is 94.7 cm³/mol. The first-order chi connectivity index (χ1) is 12.2. The lowest BCUT2D eigenvalue weighted by Gasteiger charge is -2.02. The summed E-state index contributed by atoms with van der Waals surface area (Å²) in [5.74, 6) is 0.228. The van der Waals surface area contributed by atoms with Crippen LogP contribution >= 0.6 is 11.5 Å². The number of benzene rings is 2. The van der Waals surface area contributed by atoms with Gasteiger partial charge in [-0.2, -0.15) is 9.36 Å². The zero-order chi connectivity index (χ0) is 17.2. The van der Waals surface area contributed by atoms with E-state index in [4.69, 9.17) is 0 Å². The Morgan fingerprint density at radius 3 is 2.56 bits per heavy atom. The van der Waals surface area contributed by atoms with Gasteiger partial charge in [-0.15, -0.1) is 5.10 Å². The maximum Gasteiger partial charge on any atom is 0.207 e. The summed E-state index contributed by atoms with van der Waals surface area (Å²) >= 11 is 1.21. The second-order valence-electron chi connectivity index (χ2n) is 5.33. The molecule has 0 aliphatic rings. The Labute approximate surface area is 147 Å². The van der Waals surface area contributed by atoms with Gasteiger partial charge >= 0.3 is 0 Å². The molecule has 4 rings (SSSR count). The fourth-order valence-corrected chi connectivity index (χ4v) is 2.97. The lowest BCUT2D eigenvalue weighted by atomic mass is 10.3. The van der Waals surface area contributed by atoms with Gasteiger partial charge in [0.1, 0.15) is 5.82 Å². The van der Waals surface area contributed by atoms with Crippen LogP contribution in [0.15, 0.2) is 54.6 Å². The molecule has 0 fully saturated rings. The molecule has 4 aromatic rings. The fraction of sp³-hybridized carbons (Fsp3) is 0.0588. The van der Waals surface area contributed by atoms with E-state index in [1.165, 1.54) is 23.7 Å². The minimum absolute atomic E-state index is 0.281. The van der Waals surface area contributed by atoms with E-state index in [2.05, 4.69) is 25.0 Å². The van der Waals surface area contributed by atoms with E-state index in [1.807, 2.05) is 37.3 Å². The van der Waals surface area contributed by atoms with Gasteiger partial charge in [-0.1, -0.05) is 23.4 Å². The molecule has 0 aliphatic heterocycles. The van der Waals surface area contributed by atoms with Crippen LogP contribution in [0.5, 0.6) is 0 Å². The Hall–Kier alpha value is -3.13. The van der Waals surface area contributed by atoms with Crippen LogP contribution < -0.4 is 5.32 Å². The number of halogens is 1. The number of rotatable bonds is 4. The molecule has 0 bridgehead atoms. The lowest BCUT2D eigenvalue weighted by Crippen LogP contribution is -1.98. The molecule has 6 nitrogen and oxygen atoms in total. The number of anilines is 2. The highest BCUT2D eigenvalue weighted by Crippen LogP contribution is 2.25. The van der Waals surface area contributed by atoms with Gasteiger partial charge in [0.15, 0.2) is 11.5 Å². The average molecular weight is 352 g/mol.